The van der Waals surface area contributed by atoms with Gasteiger partial charge in [-0.2, -0.15) is 0 Å². The molecule has 0 aromatic heterocycles. The fraction of sp³-hybridized carbons (Fsp3) is 0.278. The molecule has 128 valence electrons. The molecule has 0 saturated heterocycles. The maximum Gasteiger partial charge on any atom is 0.250 e. The van der Waals surface area contributed by atoms with Crippen LogP contribution in [0.4, 0.5) is 5.69 Å². The van der Waals surface area contributed by atoms with Crippen molar-refractivity contribution in [3.63, 3.8) is 0 Å². The van der Waals surface area contributed by atoms with Crippen LogP contribution in [0, 0.1) is 0 Å². The molecule has 0 fully saturated rings. The summed E-state index contributed by atoms with van der Waals surface area (Å²) in [6.45, 7) is 5.61. The molecule has 0 bridgehead atoms. The summed E-state index contributed by atoms with van der Waals surface area (Å²) in [7, 11) is 0. The molecule has 5 nitrogen and oxygen atoms in total. The smallest absolute Gasteiger partial charge is 0.250 e. The molecule has 0 aliphatic heterocycles. The summed E-state index contributed by atoms with van der Waals surface area (Å²) < 4.78 is 11.2. The lowest BCUT2D eigenvalue weighted by molar-refractivity contribution is 0.100. The molecule has 2 aromatic rings. The van der Waals surface area contributed by atoms with Crippen molar-refractivity contribution < 1.29 is 14.3 Å². The van der Waals surface area contributed by atoms with Crippen molar-refractivity contribution in [1.29, 1.82) is 0 Å². The van der Waals surface area contributed by atoms with E-state index in [1.54, 1.807) is 18.2 Å². The number of nitrogens with two attached hydrogens (primary N) is 1. The number of ether oxygens (including phenoxy) is 2. The van der Waals surface area contributed by atoms with E-state index in [2.05, 4.69) is 5.32 Å². The largest absolute Gasteiger partial charge is 0.490 e. The summed E-state index contributed by atoms with van der Waals surface area (Å²) in [5.41, 5.74) is 7.39. The number of amides is 1. The molecule has 2 rings (SSSR count). The van der Waals surface area contributed by atoms with Gasteiger partial charge in [-0.05, 0) is 49.7 Å². The Labute approximate surface area is 146 Å². The highest BCUT2D eigenvalue weighted by Gasteiger charge is 2.08. The molecule has 0 radical (unpaired) electrons. The standard InChI is InChI=1S/C18H21ClN2O3/c1-3-23-16-8-5-12(9-17(16)24-4-2)11-21-13-6-7-14(18(20)22)15(19)10-13/h5-10,21H,3-4,11H2,1-2H3,(H2,20,22). The van der Waals surface area contributed by atoms with Gasteiger partial charge in [-0.1, -0.05) is 17.7 Å². The Morgan fingerprint density at radius 3 is 2.42 bits per heavy atom. The summed E-state index contributed by atoms with van der Waals surface area (Å²) in [6.07, 6.45) is 0. The molecule has 0 aliphatic carbocycles. The third-order valence-corrected chi connectivity index (χ3v) is 3.65. The van der Waals surface area contributed by atoms with Crippen LogP contribution in [0.3, 0.4) is 0 Å². The lowest BCUT2D eigenvalue weighted by Crippen LogP contribution is -2.11. The Morgan fingerprint density at radius 1 is 1.08 bits per heavy atom. The molecule has 0 unspecified atom stereocenters. The average molecular weight is 349 g/mol. The Hall–Kier alpha value is -2.40. The minimum Gasteiger partial charge on any atom is -0.490 e. The predicted octanol–water partition coefficient (Wildman–Crippen LogP) is 3.85. The monoisotopic (exact) mass is 348 g/mol. The molecular weight excluding hydrogens is 328 g/mol. The molecule has 0 saturated carbocycles. The van der Waals surface area contributed by atoms with Crippen LogP contribution in [0.1, 0.15) is 29.8 Å². The Morgan fingerprint density at radius 2 is 1.79 bits per heavy atom. The molecule has 3 N–H and O–H groups in total. The van der Waals surface area contributed by atoms with Gasteiger partial charge in [0.2, 0.25) is 5.91 Å². The lowest BCUT2D eigenvalue weighted by atomic mass is 10.1. The zero-order chi connectivity index (χ0) is 17.5. The second-order valence-corrected chi connectivity index (χ2v) is 5.47. The normalized spacial score (nSPS) is 10.3. The second kappa shape index (κ2) is 8.45. The highest BCUT2D eigenvalue weighted by atomic mass is 35.5. The van der Waals surface area contributed by atoms with E-state index < -0.39 is 5.91 Å². The minimum atomic E-state index is -0.542. The first kappa shape index (κ1) is 17.9. The molecule has 24 heavy (non-hydrogen) atoms. The summed E-state index contributed by atoms with van der Waals surface area (Å²) >= 11 is 6.05. The fourth-order valence-electron chi connectivity index (χ4n) is 2.23. The topological polar surface area (TPSA) is 73.6 Å². The van der Waals surface area contributed by atoms with Crippen molar-refractivity contribution in [1.82, 2.24) is 0 Å². The summed E-state index contributed by atoms with van der Waals surface area (Å²) in [5, 5.41) is 3.58. The van der Waals surface area contributed by atoms with Gasteiger partial charge in [0.15, 0.2) is 11.5 Å². The number of halogens is 1. The van der Waals surface area contributed by atoms with E-state index in [-0.39, 0.29) is 0 Å². The minimum absolute atomic E-state index is 0.307. The highest BCUT2D eigenvalue weighted by molar-refractivity contribution is 6.34. The van der Waals surface area contributed by atoms with Gasteiger partial charge in [-0.25, -0.2) is 0 Å². The predicted molar refractivity (Wildman–Crippen MR) is 96.1 cm³/mol. The lowest BCUT2D eigenvalue weighted by Gasteiger charge is -2.13. The zero-order valence-corrected chi connectivity index (χ0v) is 14.5. The van der Waals surface area contributed by atoms with E-state index in [1.165, 1.54) is 0 Å². The molecular formula is C18H21ClN2O3. The Bertz CT molecular complexity index is 719. The maximum absolute atomic E-state index is 11.2. The van der Waals surface area contributed by atoms with Gasteiger partial charge >= 0.3 is 0 Å². The molecule has 0 heterocycles. The van der Waals surface area contributed by atoms with Gasteiger partial charge in [0.25, 0.3) is 0 Å². The van der Waals surface area contributed by atoms with E-state index in [4.69, 9.17) is 26.8 Å². The quantitative estimate of drug-likeness (QED) is 0.760. The van der Waals surface area contributed by atoms with Gasteiger partial charge in [0, 0.05) is 12.2 Å². The van der Waals surface area contributed by atoms with Crippen molar-refractivity contribution in [2.24, 2.45) is 5.73 Å². The van der Waals surface area contributed by atoms with Crippen LogP contribution in [0.15, 0.2) is 36.4 Å². The van der Waals surface area contributed by atoms with Crippen LogP contribution in [0.5, 0.6) is 11.5 Å². The number of rotatable bonds is 8. The second-order valence-electron chi connectivity index (χ2n) is 5.06. The molecule has 2 aromatic carbocycles. The average Bonchev–Trinajstić information content (AvgIpc) is 2.55. The zero-order valence-electron chi connectivity index (χ0n) is 13.8. The van der Waals surface area contributed by atoms with Crippen LogP contribution in [-0.4, -0.2) is 19.1 Å². The van der Waals surface area contributed by atoms with Crippen LogP contribution in [-0.2, 0) is 6.54 Å². The number of carbonyl (C=O) groups is 1. The van der Waals surface area contributed by atoms with Crippen molar-refractivity contribution in [2.45, 2.75) is 20.4 Å². The molecule has 0 spiro atoms. The van der Waals surface area contributed by atoms with E-state index >= 15 is 0 Å². The van der Waals surface area contributed by atoms with Gasteiger partial charge in [0.05, 0.1) is 23.8 Å². The highest BCUT2D eigenvalue weighted by Crippen LogP contribution is 2.29. The number of anilines is 1. The van der Waals surface area contributed by atoms with Crippen LogP contribution in [0.25, 0.3) is 0 Å². The molecule has 6 heteroatoms. The van der Waals surface area contributed by atoms with Gasteiger partial charge in [-0.3, -0.25) is 4.79 Å². The van der Waals surface area contributed by atoms with E-state index in [9.17, 15) is 4.79 Å². The SMILES string of the molecule is CCOc1ccc(CNc2ccc(C(N)=O)c(Cl)c2)cc1OCC. The number of nitrogens with one attached hydrogen (secondary N) is 1. The third kappa shape index (κ3) is 4.55. The molecule has 0 aliphatic rings. The molecule has 0 atom stereocenters. The summed E-state index contributed by atoms with van der Waals surface area (Å²) in [4.78, 5) is 11.2. The van der Waals surface area contributed by atoms with E-state index in [1.807, 2.05) is 32.0 Å². The summed E-state index contributed by atoms with van der Waals surface area (Å²) in [6, 6.07) is 10.9. The van der Waals surface area contributed by atoms with Crippen molar-refractivity contribution in [3.8, 4) is 11.5 Å². The van der Waals surface area contributed by atoms with Crippen LogP contribution in [0.2, 0.25) is 5.02 Å². The van der Waals surface area contributed by atoms with Gasteiger partial charge in [-0.15, -0.1) is 0 Å². The first-order valence-corrected chi connectivity index (χ1v) is 8.14. The maximum atomic E-state index is 11.2. The van der Waals surface area contributed by atoms with Crippen molar-refractivity contribution >= 4 is 23.2 Å². The summed E-state index contributed by atoms with van der Waals surface area (Å²) in [5.74, 6) is 0.914. The van der Waals surface area contributed by atoms with Gasteiger partial charge < -0.3 is 20.5 Å². The first-order chi connectivity index (χ1) is 11.5. The van der Waals surface area contributed by atoms with Crippen LogP contribution < -0.4 is 20.5 Å². The van der Waals surface area contributed by atoms with Crippen LogP contribution >= 0.6 is 11.6 Å². The van der Waals surface area contributed by atoms with Crippen molar-refractivity contribution in [2.75, 3.05) is 18.5 Å². The fourth-order valence-corrected chi connectivity index (χ4v) is 2.51. The third-order valence-electron chi connectivity index (χ3n) is 3.34. The van der Waals surface area contributed by atoms with E-state index in [0.717, 1.165) is 22.7 Å². The number of primary amides is 1. The number of hydrogen-bond acceptors (Lipinski definition) is 4. The Kier molecular flexibility index (Phi) is 6.32. The number of carbonyl (C=O) groups excluding carboxylic acids is 1. The van der Waals surface area contributed by atoms with E-state index in [0.29, 0.717) is 30.3 Å². The molecule has 1 amide bonds. The van der Waals surface area contributed by atoms with Crippen molar-refractivity contribution in [3.05, 3.63) is 52.5 Å². The van der Waals surface area contributed by atoms with Gasteiger partial charge in [0.1, 0.15) is 0 Å². The number of hydrogen-bond donors (Lipinski definition) is 2. The first-order valence-electron chi connectivity index (χ1n) is 7.76. The number of benzene rings is 2. The Balaban J connectivity index is 2.10.